The largest absolute Gasteiger partial charge is 0.337 e. The van der Waals surface area contributed by atoms with Gasteiger partial charge < -0.3 is 4.90 Å². The van der Waals surface area contributed by atoms with Gasteiger partial charge in [-0.1, -0.05) is 35.9 Å². The average molecular weight is 358 g/mol. The van der Waals surface area contributed by atoms with Gasteiger partial charge in [-0.25, -0.2) is 8.42 Å². The Morgan fingerprint density at radius 2 is 1.56 bits per heavy atom. The molecule has 25 heavy (non-hydrogen) atoms. The number of benzene rings is 2. The molecule has 0 aromatic heterocycles. The Labute approximate surface area is 148 Å². The van der Waals surface area contributed by atoms with Gasteiger partial charge in [0.1, 0.15) is 0 Å². The number of carbonyl (C=O) groups excluding carboxylic acids is 1. The zero-order valence-electron chi connectivity index (χ0n) is 14.3. The molecule has 1 fully saturated rings. The van der Waals surface area contributed by atoms with Gasteiger partial charge in [-0.15, -0.1) is 0 Å². The summed E-state index contributed by atoms with van der Waals surface area (Å²) in [6.07, 6.45) is 0.629. The van der Waals surface area contributed by atoms with E-state index in [0.717, 1.165) is 5.56 Å². The molecule has 2 aromatic rings. The molecule has 0 aliphatic carbocycles. The minimum atomic E-state index is -3.51. The summed E-state index contributed by atoms with van der Waals surface area (Å²) in [6.45, 7) is 3.68. The minimum Gasteiger partial charge on any atom is -0.337 e. The smallest absolute Gasteiger partial charge is 0.253 e. The van der Waals surface area contributed by atoms with Crippen LogP contribution in [0.5, 0.6) is 0 Å². The van der Waals surface area contributed by atoms with E-state index in [0.29, 0.717) is 43.1 Å². The van der Waals surface area contributed by atoms with E-state index < -0.39 is 10.0 Å². The molecule has 0 spiro atoms. The van der Waals surface area contributed by atoms with Gasteiger partial charge in [0.25, 0.3) is 5.91 Å². The van der Waals surface area contributed by atoms with Crippen LogP contribution in [0, 0.1) is 6.92 Å². The summed E-state index contributed by atoms with van der Waals surface area (Å²) in [4.78, 5) is 14.7. The summed E-state index contributed by atoms with van der Waals surface area (Å²) in [5, 5.41) is 0. The number of hydrogen-bond acceptors (Lipinski definition) is 3. The maximum Gasteiger partial charge on any atom is 0.253 e. The van der Waals surface area contributed by atoms with Gasteiger partial charge in [-0.3, -0.25) is 4.79 Å². The second kappa shape index (κ2) is 7.37. The highest BCUT2D eigenvalue weighted by Crippen LogP contribution is 2.18. The summed E-state index contributed by atoms with van der Waals surface area (Å²) in [5.74, 6) is -0.0426. The van der Waals surface area contributed by atoms with Crippen LogP contribution >= 0.6 is 0 Å². The van der Waals surface area contributed by atoms with Crippen LogP contribution in [0.25, 0.3) is 0 Å². The monoisotopic (exact) mass is 358 g/mol. The molecule has 0 radical (unpaired) electrons. The first-order valence-corrected chi connectivity index (χ1v) is 9.83. The first-order chi connectivity index (χ1) is 12.0. The van der Waals surface area contributed by atoms with Crippen LogP contribution in [-0.2, 0) is 10.0 Å². The molecule has 0 saturated carbocycles. The Kier molecular flexibility index (Phi) is 5.20. The second-order valence-electron chi connectivity index (χ2n) is 6.23. The summed E-state index contributed by atoms with van der Waals surface area (Å²) >= 11 is 0. The fourth-order valence-corrected chi connectivity index (χ4v) is 4.45. The molecule has 0 atom stereocenters. The predicted molar refractivity (Wildman–Crippen MR) is 96.9 cm³/mol. The highest BCUT2D eigenvalue weighted by Gasteiger charge is 2.28. The minimum absolute atomic E-state index is 0.0426. The van der Waals surface area contributed by atoms with E-state index >= 15 is 0 Å². The Bertz CT molecular complexity index is 833. The SMILES string of the molecule is Cc1ccc(C(=O)N2CCCN(S(=O)(=O)c3ccccc3)CC2)cc1. The van der Waals surface area contributed by atoms with Gasteiger partial charge in [-0.2, -0.15) is 4.31 Å². The quantitative estimate of drug-likeness (QED) is 0.847. The lowest BCUT2D eigenvalue weighted by molar-refractivity contribution is 0.0764. The van der Waals surface area contributed by atoms with Gasteiger partial charge in [-0.05, 0) is 37.6 Å². The number of carbonyl (C=O) groups is 1. The second-order valence-corrected chi connectivity index (χ2v) is 8.17. The van der Waals surface area contributed by atoms with Crippen molar-refractivity contribution in [3.8, 4) is 0 Å². The number of hydrogen-bond donors (Lipinski definition) is 0. The Morgan fingerprint density at radius 3 is 2.24 bits per heavy atom. The lowest BCUT2D eigenvalue weighted by Gasteiger charge is -2.22. The van der Waals surface area contributed by atoms with Crippen molar-refractivity contribution in [2.24, 2.45) is 0 Å². The van der Waals surface area contributed by atoms with Crippen LogP contribution in [0.2, 0.25) is 0 Å². The van der Waals surface area contributed by atoms with Gasteiger partial charge in [0.05, 0.1) is 4.90 Å². The van der Waals surface area contributed by atoms with E-state index in [1.165, 1.54) is 4.31 Å². The van der Waals surface area contributed by atoms with Crippen LogP contribution in [0.4, 0.5) is 0 Å². The summed E-state index contributed by atoms with van der Waals surface area (Å²) in [7, 11) is -3.51. The topological polar surface area (TPSA) is 57.7 Å². The Hall–Kier alpha value is -2.18. The molecule has 3 rings (SSSR count). The molecule has 6 heteroatoms. The maximum absolute atomic E-state index is 12.7. The van der Waals surface area contributed by atoms with Crippen molar-refractivity contribution in [1.82, 2.24) is 9.21 Å². The molecule has 1 aliphatic heterocycles. The summed E-state index contributed by atoms with van der Waals surface area (Å²) in [5.41, 5.74) is 1.75. The molecule has 2 aromatic carbocycles. The third-order valence-corrected chi connectivity index (χ3v) is 6.33. The average Bonchev–Trinajstić information content (AvgIpc) is 2.89. The van der Waals surface area contributed by atoms with Gasteiger partial charge >= 0.3 is 0 Å². The molecule has 1 aliphatic rings. The first-order valence-electron chi connectivity index (χ1n) is 8.39. The Morgan fingerprint density at radius 1 is 0.880 bits per heavy atom. The zero-order chi connectivity index (χ0) is 17.9. The predicted octanol–water partition coefficient (Wildman–Crippen LogP) is 2.53. The molecule has 5 nitrogen and oxygen atoms in total. The fourth-order valence-electron chi connectivity index (χ4n) is 2.96. The van der Waals surface area contributed by atoms with Crippen LogP contribution in [0.1, 0.15) is 22.3 Å². The highest BCUT2D eigenvalue weighted by molar-refractivity contribution is 7.89. The van der Waals surface area contributed by atoms with E-state index in [2.05, 4.69) is 0 Å². The maximum atomic E-state index is 12.7. The fraction of sp³-hybridized carbons (Fsp3) is 0.316. The molecule has 1 saturated heterocycles. The zero-order valence-corrected chi connectivity index (χ0v) is 15.1. The van der Waals surface area contributed by atoms with Crippen molar-refractivity contribution in [1.29, 1.82) is 0 Å². The van der Waals surface area contributed by atoms with Gasteiger partial charge in [0.2, 0.25) is 10.0 Å². The standard InChI is InChI=1S/C19H22N2O3S/c1-16-8-10-17(11-9-16)19(22)20-12-5-13-21(15-14-20)25(23,24)18-6-3-2-4-7-18/h2-4,6-11H,5,12-15H2,1H3. The van der Waals surface area contributed by atoms with Crippen LogP contribution in [0.3, 0.4) is 0 Å². The van der Waals surface area contributed by atoms with Gasteiger partial charge in [0.15, 0.2) is 0 Å². The van der Waals surface area contributed by atoms with Crippen molar-refractivity contribution in [2.45, 2.75) is 18.2 Å². The Balaban J connectivity index is 1.72. The van der Waals surface area contributed by atoms with E-state index in [9.17, 15) is 13.2 Å². The van der Waals surface area contributed by atoms with Crippen molar-refractivity contribution in [3.05, 3.63) is 65.7 Å². The molecular weight excluding hydrogens is 336 g/mol. The van der Waals surface area contributed by atoms with Crippen molar-refractivity contribution < 1.29 is 13.2 Å². The summed E-state index contributed by atoms with van der Waals surface area (Å²) < 4.78 is 27.0. The van der Waals surface area contributed by atoms with E-state index in [1.807, 2.05) is 31.2 Å². The van der Waals surface area contributed by atoms with Crippen LogP contribution < -0.4 is 0 Å². The summed E-state index contributed by atoms with van der Waals surface area (Å²) in [6, 6.07) is 15.9. The number of nitrogens with zero attached hydrogens (tertiary/aromatic N) is 2. The molecular formula is C19H22N2O3S. The number of aryl methyl sites for hydroxylation is 1. The normalized spacial score (nSPS) is 16.4. The molecule has 1 amide bonds. The third-order valence-electron chi connectivity index (χ3n) is 4.42. The van der Waals surface area contributed by atoms with Gasteiger partial charge in [0, 0.05) is 31.7 Å². The van der Waals surface area contributed by atoms with Crippen molar-refractivity contribution in [2.75, 3.05) is 26.2 Å². The number of sulfonamides is 1. The first kappa shape index (κ1) is 17.6. The van der Waals surface area contributed by atoms with Crippen LogP contribution in [0.15, 0.2) is 59.5 Å². The highest BCUT2D eigenvalue weighted by atomic mass is 32.2. The van der Waals surface area contributed by atoms with E-state index in [4.69, 9.17) is 0 Å². The molecule has 0 unspecified atom stereocenters. The molecule has 132 valence electrons. The van der Waals surface area contributed by atoms with E-state index in [1.54, 1.807) is 35.2 Å². The number of rotatable bonds is 3. The third kappa shape index (κ3) is 3.91. The van der Waals surface area contributed by atoms with Crippen LogP contribution in [-0.4, -0.2) is 49.7 Å². The molecule has 0 N–H and O–H groups in total. The van der Waals surface area contributed by atoms with Crippen molar-refractivity contribution >= 4 is 15.9 Å². The number of amides is 1. The molecule has 0 bridgehead atoms. The van der Waals surface area contributed by atoms with Crippen molar-refractivity contribution in [3.63, 3.8) is 0 Å². The lowest BCUT2D eigenvalue weighted by Crippen LogP contribution is -2.37. The van der Waals surface area contributed by atoms with E-state index in [-0.39, 0.29) is 5.91 Å². The molecule has 1 heterocycles. The lowest BCUT2D eigenvalue weighted by atomic mass is 10.1.